The molecule has 0 aromatic heterocycles. The number of Topliss-reactive ketones (excluding diaryl/α,β-unsaturated/α-hetero) is 1. The lowest BCUT2D eigenvalue weighted by molar-refractivity contribution is 0.0581. The molecular weight excluding hydrogens is 560 g/mol. The molecule has 0 aliphatic rings. The van der Waals surface area contributed by atoms with Crippen LogP contribution in [0.15, 0.2) is 103 Å². The minimum Gasteiger partial charge on any atom is -0.478 e. The van der Waals surface area contributed by atoms with Crippen molar-refractivity contribution in [2.24, 2.45) is 5.92 Å². The summed E-state index contributed by atoms with van der Waals surface area (Å²) in [7, 11) is -3.03. The third-order valence-electron chi connectivity index (χ3n) is 6.40. The first-order valence-electron chi connectivity index (χ1n) is 12.8. The molecule has 4 aromatic rings. The molecule has 0 bridgehead atoms. The van der Waals surface area contributed by atoms with Gasteiger partial charge in [-0.25, -0.2) is 9.59 Å². The smallest absolute Gasteiger partial charge is 0.338 e. The minimum atomic E-state index is -4.14. The lowest BCUT2D eigenvalue weighted by Crippen LogP contribution is -2.29. The third-order valence-corrected chi connectivity index (χ3v) is 6.96. The maximum atomic E-state index is 14.1. The van der Waals surface area contributed by atoms with Crippen LogP contribution in [0.3, 0.4) is 0 Å². The summed E-state index contributed by atoms with van der Waals surface area (Å²) in [6.45, 7) is 0. The predicted molar refractivity (Wildman–Crippen MR) is 154 cm³/mol. The number of ether oxygens (including phenoxy) is 2. The van der Waals surface area contributed by atoms with Crippen molar-refractivity contribution in [3.63, 3.8) is 0 Å². The summed E-state index contributed by atoms with van der Waals surface area (Å²) in [5.74, 6) is -2.75. The van der Waals surface area contributed by atoms with Gasteiger partial charge in [-0.15, -0.1) is 0 Å². The Hall–Kier alpha value is -4.80. The van der Waals surface area contributed by atoms with E-state index in [9.17, 15) is 27.9 Å². The molecule has 0 spiro atoms. The van der Waals surface area contributed by atoms with Crippen LogP contribution < -0.4 is 4.74 Å². The zero-order chi connectivity index (χ0) is 30.3. The number of aromatic carboxylic acids is 1. The average molecular weight is 589 g/mol. The normalized spacial score (nSPS) is 12.6. The Morgan fingerprint density at radius 3 is 1.95 bits per heavy atom. The van der Waals surface area contributed by atoms with E-state index in [4.69, 9.17) is 8.92 Å². The van der Waals surface area contributed by atoms with Gasteiger partial charge in [0.25, 0.3) is 10.1 Å². The van der Waals surface area contributed by atoms with Crippen LogP contribution in [-0.4, -0.2) is 44.6 Å². The number of benzene rings is 4. The summed E-state index contributed by atoms with van der Waals surface area (Å²) in [5.41, 5.74) is 0.431. The highest BCUT2D eigenvalue weighted by atomic mass is 32.2. The SMILES string of the molecule is COC(=O)c1ccc(C(OS(C)(=O)=O)C(Cc2ccccc2)C(=O)c2ccc(Oc3ccccc3)cc2)cc1C(=O)O. The zero-order valence-corrected chi connectivity index (χ0v) is 23.6. The number of carbonyl (C=O) groups is 3. The van der Waals surface area contributed by atoms with Gasteiger partial charge >= 0.3 is 11.9 Å². The summed E-state index contributed by atoms with van der Waals surface area (Å²) in [6.07, 6.45) is -0.498. The van der Waals surface area contributed by atoms with Crippen molar-refractivity contribution in [3.8, 4) is 11.5 Å². The Bertz CT molecular complexity index is 1670. The van der Waals surface area contributed by atoms with Gasteiger partial charge in [0.05, 0.1) is 30.4 Å². The number of methoxy groups -OCH3 is 1. The van der Waals surface area contributed by atoms with E-state index in [1.807, 2.05) is 18.2 Å². The highest BCUT2D eigenvalue weighted by Crippen LogP contribution is 2.35. The largest absolute Gasteiger partial charge is 0.478 e. The fourth-order valence-corrected chi connectivity index (χ4v) is 5.10. The van der Waals surface area contributed by atoms with Crippen LogP contribution in [-0.2, 0) is 25.5 Å². The van der Waals surface area contributed by atoms with Gasteiger partial charge in [-0.05, 0) is 66.1 Å². The Balaban J connectivity index is 1.78. The van der Waals surface area contributed by atoms with E-state index in [1.165, 1.54) is 12.1 Å². The second-order valence-corrected chi connectivity index (χ2v) is 11.0. The van der Waals surface area contributed by atoms with Gasteiger partial charge < -0.3 is 14.6 Å². The number of carbonyl (C=O) groups excluding carboxylic acids is 2. The lowest BCUT2D eigenvalue weighted by Gasteiger charge is -2.27. The topological polar surface area (TPSA) is 133 Å². The van der Waals surface area contributed by atoms with E-state index >= 15 is 0 Å². The summed E-state index contributed by atoms with van der Waals surface area (Å²) >= 11 is 0. The summed E-state index contributed by atoms with van der Waals surface area (Å²) in [4.78, 5) is 38.3. The molecule has 0 fully saturated rings. The van der Waals surface area contributed by atoms with E-state index in [-0.39, 0.29) is 23.1 Å². The van der Waals surface area contributed by atoms with Crippen molar-refractivity contribution in [2.75, 3.05) is 13.4 Å². The standard InChI is InChI=1S/C32H28O9S/c1-39-32(36)26-18-15-23(20-27(26)31(34)35)30(41-42(2,37)38)28(19-21-9-5-3-6-10-21)29(33)22-13-16-25(17-14-22)40-24-11-7-4-8-12-24/h3-18,20,28,30H,19H2,1-2H3,(H,34,35). The molecule has 0 aliphatic heterocycles. The van der Waals surface area contributed by atoms with Crippen molar-refractivity contribution in [1.82, 2.24) is 0 Å². The van der Waals surface area contributed by atoms with Gasteiger partial charge in [0.1, 0.15) is 17.6 Å². The van der Waals surface area contributed by atoms with Crippen LogP contribution in [0.4, 0.5) is 0 Å². The number of esters is 1. The second kappa shape index (κ2) is 13.2. The van der Waals surface area contributed by atoms with E-state index in [1.54, 1.807) is 66.7 Å². The monoisotopic (exact) mass is 588 g/mol. The molecule has 42 heavy (non-hydrogen) atoms. The van der Waals surface area contributed by atoms with E-state index < -0.39 is 45.4 Å². The van der Waals surface area contributed by atoms with Crippen molar-refractivity contribution in [2.45, 2.75) is 12.5 Å². The Morgan fingerprint density at radius 2 is 1.38 bits per heavy atom. The number of ketones is 1. The number of hydrogen-bond acceptors (Lipinski definition) is 8. The number of hydrogen-bond donors (Lipinski definition) is 1. The van der Waals surface area contributed by atoms with E-state index in [0.717, 1.165) is 25.0 Å². The molecule has 2 unspecified atom stereocenters. The molecule has 2 atom stereocenters. The van der Waals surface area contributed by atoms with Crippen LogP contribution in [0.1, 0.15) is 48.3 Å². The quantitative estimate of drug-likeness (QED) is 0.125. The molecule has 4 aromatic carbocycles. The second-order valence-electron chi connectivity index (χ2n) is 9.42. The lowest BCUT2D eigenvalue weighted by atomic mass is 9.83. The fraction of sp³-hybridized carbons (Fsp3) is 0.156. The molecular formula is C32H28O9S. The van der Waals surface area contributed by atoms with Gasteiger partial charge in [0.15, 0.2) is 5.78 Å². The maximum Gasteiger partial charge on any atom is 0.338 e. The average Bonchev–Trinajstić information content (AvgIpc) is 2.99. The van der Waals surface area contributed by atoms with Crippen LogP contribution in [0.25, 0.3) is 0 Å². The first kappa shape index (κ1) is 30.2. The third kappa shape index (κ3) is 7.68. The molecule has 0 heterocycles. The van der Waals surface area contributed by atoms with Crippen LogP contribution >= 0.6 is 0 Å². The molecule has 216 valence electrons. The minimum absolute atomic E-state index is 0.0727. The molecule has 0 amide bonds. The molecule has 0 saturated carbocycles. The number of carboxylic acids is 1. The van der Waals surface area contributed by atoms with E-state index in [2.05, 4.69) is 4.74 Å². The van der Waals surface area contributed by atoms with Gasteiger partial charge in [-0.2, -0.15) is 8.42 Å². The van der Waals surface area contributed by atoms with Crippen LogP contribution in [0, 0.1) is 5.92 Å². The fourth-order valence-electron chi connectivity index (χ4n) is 4.48. The van der Waals surface area contributed by atoms with Crippen LogP contribution in [0.2, 0.25) is 0 Å². The van der Waals surface area contributed by atoms with Gasteiger partial charge in [0.2, 0.25) is 0 Å². The molecule has 9 nitrogen and oxygen atoms in total. The summed E-state index contributed by atoms with van der Waals surface area (Å²) in [6, 6.07) is 28.1. The Morgan fingerprint density at radius 1 is 0.786 bits per heavy atom. The first-order chi connectivity index (χ1) is 20.1. The first-order valence-corrected chi connectivity index (χ1v) is 14.6. The van der Waals surface area contributed by atoms with E-state index in [0.29, 0.717) is 11.5 Å². The predicted octanol–water partition coefficient (Wildman–Crippen LogP) is 5.72. The highest BCUT2D eigenvalue weighted by molar-refractivity contribution is 7.86. The van der Waals surface area contributed by atoms with Crippen molar-refractivity contribution < 1.29 is 41.6 Å². The van der Waals surface area contributed by atoms with Crippen molar-refractivity contribution in [1.29, 1.82) is 0 Å². The number of para-hydroxylation sites is 1. The molecule has 0 aliphatic carbocycles. The molecule has 4 rings (SSSR count). The summed E-state index contributed by atoms with van der Waals surface area (Å²) in [5, 5.41) is 9.80. The Kier molecular flexibility index (Phi) is 9.51. The highest BCUT2D eigenvalue weighted by Gasteiger charge is 2.35. The van der Waals surface area contributed by atoms with Gasteiger partial charge in [-0.3, -0.25) is 8.98 Å². The number of carboxylic acid groups (broad SMARTS) is 1. The van der Waals surface area contributed by atoms with Crippen molar-refractivity contribution >= 4 is 27.8 Å². The number of rotatable bonds is 12. The molecule has 10 heteroatoms. The summed E-state index contributed by atoms with van der Waals surface area (Å²) < 4.78 is 40.9. The Labute approximate surface area is 243 Å². The van der Waals surface area contributed by atoms with Gasteiger partial charge in [0, 0.05) is 5.56 Å². The van der Waals surface area contributed by atoms with Crippen molar-refractivity contribution in [3.05, 3.63) is 131 Å². The van der Waals surface area contributed by atoms with Crippen LogP contribution in [0.5, 0.6) is 11.5 Å². The zero-order valence-electron chi connectivity index (χ0n) is 22.8. The molecule has 0 saturated heterocycles. The molecule has 1 N–H and O–H groups in total. The maximum absolute atomic E-state index is 14.1. The molecule has 0 radical (unpaired) electrons. The van der Waals surface area contributed by atoms with Gasteiger partial charge in [-0.1, -0.05) is 54.6 Å².